The van der Waals surface area contributed by atoms with Crippen molar-refractivity contribution in [3.8, 4) is 5.75 Å². The lowest BCUT2D eigenvalue weighted by molar-refractivity contribution is -0.135. The molecule has 1 aliphatic carbocycles. The van der Waals surface area contributed by atoms with Crippen LogP contribution in [0.4, 0.5) is 0 Å². The number of hydrogen-bond donors (Lipinski definition) is 1. The summed E-state index contributed by atoms with van der Waals surface area (Å²) in [6.07, 6.45) is 2.06. The SMILES string of the molecule is Cc1cccc(CNC2CC2)c1OC(C)C(=O)N(C)C. The summed E-state index contributed by atoms with van der Waals surface area (Å²) in [6, 6.07) is 6.77. The molecular formula is C16H24N2O2. The van der Waals surface area contributed by atoms with E-state index in [4.69, 9.17) is 4.74 Å². The maximum Gasteiger partial charge on any atom is 0.262 e. The molecule has 110 valence electrons. The third kappa shape index (κ3) is 3.73. The van der Waals surface area contributed by atoms with Gasteiger partial charge in [-0.25, -0.2) is 0 Å². The lowest BCUT2D eigenvalue weighted by atomic mass is 10.1. The Bertz CT molecular complexity index is 481. The van der Waals surface area contributed by atoms with Gasteiger partial charge in [0.2, 0.25) is 0 Å². The van der Waals surface area contributed by atoms with Crippen LogP contribution in [0.15, 0.2) is 18.2 Å². The number of aryl methyl sites for hydroxylation is 1. The molecule has 1 saturated carbocycles. The molecule has 0 bridgehead atoms. The number of ether oxygens (including phenoxy) is 1. The van der Waals surface area contributed by atoms with Crippen LogP contribution in [0.1, 0.15) is 30.9 Å². The molecule has 20 heavy (non-hydrogen) atoms. The molecule has 0 saturated heterocycles. The molecule has 2 rings (SSSR count). The number of amides is 1. The van der Waals surface area contributed by atoms with Crippen LogP contribution in [0, 0.1) is 6.92 Å². The van der Waals surface area contributed by atoms with E-state index >= 15 is 0 Å². The van der Waals surface area contributed by atoms with Gasteiger partial charge in [-0.05, 0) is 32.3 Å². The molecule has 1 aromatic rings. The van der Waals surface area contributed by atoms with Gasteiger partial charge in [-0.1, -0.05) is 18.2 Å². The van der Waals surface area contributed by atoms with Crippen molar-refractivity contribution in [3.63, 3.8) is 0 Å². The number of hydrogen-bond acceptors (Lipinski definition) is 3. The fourth-order valence-electron chi connectivity index (χ4n) is 2.15. The summed E-state index contributed by atoms with van der Waals surface area (Å²) in [5, 5.41) is 3.49. The Balaban J connectivity index is 2.09. The van der Waals surface area contributed by atoms with E-state index in [1.54, 1.807) is 25.9 Å². The maximum absolute atomic E-state index is 11.9. The molecule has 1 aliphatic rings. The topological polar surface area (TPSA) is 41.6 Å². The van der Waals surface area contributed by atoms with Crippen LogP contribution in [0.2, 0.25) is 0 Å². The highest BCUT2D eigenvalue weighted by atomic mass is 16.5. The average molecular weight is 276 g/mol. The highest BCUT2D eigenvalue weighted by Crippen LogP contribution is 2.26. The summed E-state index contributed by atoms with van der Waals surface area (Å²) >= 11 is 0. The predicted molar refractivity (Wildman–Crippen MR) is 79.8 cm³/mol. The van der Waals surface area contributed by atoms with Crippen LogP contribution in [0.3, 0.4) is 0 Å². The number of carbonyl (C=O) groups is 1. The van der Waals surface area contributed by atoms with Crippen LogP contribution in [-0.2, 0) is 11.3 Å². The number of para-hydroxylation sites is 1. The van der Waals surface area contributed by atoms with Crippen LogP contribution in [0.5, 0.6) is 5.75 Å². The summed E-state index contributed by atoms with van der Waals surface area (Å²) in [4.78, 5) is 13.5. The number of rotatable bonds is 6. The molecule has 1 aromatic carbocycles. The molecule has 0 aliphatic heterocycles. The van der Waals surface area contributed by atoms with Gasteiger partial charge in [0.25, 0.3) is 5.91 Å². The monoisotopic (exact) mass is 276 g/mol. The molecule has 4 heteroatoms. The second-order valence-corrected chi connectivity index (χ2v) is 5.71. The van der Waals surface area contributed by atoms with E-state index in [-0.39, 0.29) is 5.91 Å². The third-order valence-electron chi connectivity index (χ3n) is 3.54. The van der Waals surface area contributed by atoms with Crippen LogP contribution in [-0.4, -0.2) is 37.0 Å². The second-order valence-electron chi connectivity index (χ2n) is 5.71. The number of nitrogens with one attached hydrogen (secondary N) is 1. The first-order valence-corrected chi connectivity index (χ1v) is 7.18. The normalized spacial score (nSPS) is 15.8. The lowest BCUT2D eigenvalue weighted by Crippen LogP contribution is -2.35. The van der Waals surface area contributed by atoms with Crippen LogP contribution in [0.25, 0.3) is 0 Å². The van der Waals surface area contributed by atoms with Gasteiger partial charge in [0.05, 0.1) is 0 Å². The molecule has 0 heterocycles. The van der Waals surface area contributed by atoms with E-state index in [0.29, 0.717) is 6.04 Å². The van der Waals surface area contributed by atoms with Crippen molar-refractivity contribution in [1.29, 1.82) is 0 Å². The minimum Gasteiger partial charge on any atom is -0.480 e. The Morgan fingerprint density at radius 1 is 1.45 bits per heavy atom. The van der Waals surface area contributed by atoms with E-state index in [1.165, 1.54) is 12.8 Å². The van der Waals surface area contributed by atoms with Gasteiger partial charge in [0.1, 0.15) is 5.75 Å². The van der Waals surface area contributed by atoms with Gasteiger partial charge in [0, 0.05) is 32.2 Å². The first-order valence-electron chi connectivity index (χ1n) is 7.18. The average Bonchev–Trinajstić information content (AvgIpc) is 3.22. The highest BCUT2D eigenvalue weighted by molar-refractivity contribution is 5.80. The zero-order chi connectivity index (χ0) is 14.7. The van der Waals surface area contributed by atoms with Crippen molar-refractivity contribution in [3.05, 3.63) is 29.3 Å². The van der Waals surface area contributed by atoms with Crippen molar-refractivity contribution in [2.75, 3.05) is 14.1 Å². The van der Waals surface area contributed by atoms with E-state index in [2.05, 4.69) is 11.4 Å². The number of carbonyl (C=O) groups excluding carboxylic acids is 1. The first kappa shape index (κ1) is 14.9. The summed E-state index contributed by atoms with van der Waals surface area (Å²) in [7, 11) is 3.49. The van der Waals surface area contributed by atoms with E-state index in [1.807, 2.05) is 19.1 Å². The van der Waals surface area contributed by atoms with Gasteiger partial charge in [0.15, 0.2) is 6.10 Å². The predicted octanol–water partition coefficient (Wildman–Crippen LogP) is 2.10. The molecular weight excluding hydrogens is 252 g/mol. The van der Waals surface area contributed by atoms with E-state index < -0.39 is 6.10 Å². The fourth-order valence-corrected chi connectivity index (χ4v) is 2.15. The summed E-state index contributed by atoms with van der Waals surface area (Å²) in [5.41, 5.74) is 2.19. The lowest BCUT2D eigenvalue weighted by Gasteiger charge is -2.21. The zero-order valence-electron chi connectivity index (χ0n) is 12.8. The largest absolute Gasteiger partial charge is 0.480 e. The Morgan fingerprint density at radius 3 is 2.75 bits per heavy atom. The van der Waals surface area contributed by atoms with Gasteiger partial charge < -0.3 is 15.0 Å². The quantitative estimate of drug-likeness (QED) is 0.865. The molecule has 0 aromatic heterocycles. The highest BCUT2D eigenvalue weighted by Gasteiger charge is 2.22. The van der Waals surface area contributed by atoms with Gasteiger partial charge >= 0.3 is 0 Å². The summed E-state index contributed by atoms with van der Waals surface area (Å²) in [5.74, 6) is 0.817. The third-order valence-corrected chi connectivity index (χ3v) is 3.54. The molecule has 1 atom stereocenters. The fraction of sp³-hybridized carbons (Fsp3) is 0.562. The Kier molecular flexibility index (Phi) is 4.65. The zero-order valence-corrected chi connectivity index (χ0v) is 12.8. The van der Waals surface area contributed by atoms with Crippen molar-refractivity contribution < 1.29 is 9.53 Å². The smallest absolute Gasteiger partial charge is 0.262 e. The van der Waals surface area contributed by atoms with Crippen molar-refractivity contribution in [2.24, 2.45) is 0 Å². The standard InChI is InChI=1S/C16H24N2O2/c1-11-6-5-7-13(10-17-14-8-9-14)15(11)20-12(2)16(19)18(3)4/h5-7,12,14,17H,8-10H2,1-4H3. The molecule has 0 spiro atoms. The van der Waals surface area contributed by atoms with Gasteiger partial charge in [-0.15, -0.1) is 0 Å². The van der Waals surface area contributed by atoms with E-state index in [9.17, 15) is 4.79 Å². The molecule has 1 N–H and O–H groups in total. The van der Waals surface area contributed by atoms with Crippen LogP contribution >= 0.6 is 0 Å². The molecule has 1 fully saturated rings. The summed E-state index contributed by atoms with van der Waals surface area (Å²) < 4.78 is 5.92. The molecule has 1 unspecified atom stereocenters. The number of likely N-dealkylation sites (N-methyl/N-ethyl adjacent to an activating group) is 1. The minimum atomic E-state index is -0.467. The second kappa shape index (κ2) is 6.27. The number of nitrogens with zero attached hydrogens (tertiary/aromatic N) is 1. The first-order chi connectivity index (χ1) is 9.49. The van der Waals surface area contributed by atoms with Gasteiger partial charge in [-0.2, -0.15) is 0 Å². The van der Waals surface area contributed by atoms with E-state index in [0.717, 1.165) is 23.4 Å². The van der Waals surface area contributed by atoms with Crippen molar-refractivity contribution >= 4 is 5.91 Å². The Hall–Kier alpha value is -1.55. The molecule has 1 amide bonds. The Labute approximate surface area is 121 Å². The maximum atomic E-state index is 11.9. The van der Waals surface area contributed by atoms with Crippen LogP contribution < -0.4 is 10.1 Å². The van der Waals surface area contributed by atoms with Gasteiger partial charge in [-0.3, -0.25) is 4.79 Å². The molecule has 0 radical (unpaired) electrons. The minimum absolute atomic E-state index is 0.0191. The number of benzene rings is 1. The Morgan fingerprint density at radius 2 is 2.15 bits per heavy atom. The van der Waals surface area contributed by atoms with Crippen molar-refractivity contribution in [1.82, 2.24) is 10.2 Å². The van der Waals surface area contributed by atoms with Crippen molar-refractivity contribution in [2.45, 2.75) is 45.4 Å². The summed E-state index contributed by atoms with van der Waals surface area (Å²) in [6.45, 7) is 4.61. The molecule has 4 nitrogen and oxygen atoms in total.